The molecule has 3 aliphatic carbocycles. The zero-order valence-corrected chi connectivity index (χ0v) is 36.4. The molecule has 4 heterocycles. The van der Waals surface area contributed by atoms with E-state index in [9.17, 15) is 24.3 Å². The van der Waals surface area contributed by atoms with Gasteiger partial charge in [0.1, 0.15) is 23.7 Å². The number of hydrogen-bond donors (Lipinski definition) is 5. The smallest absolute Gasteiger partial charge is 0.407 e. The fourth-order valence-electron chi connectivity index (χ4n) is 11.0. The second-order valence-corrected chi connectivity index (χ2v) is 19.3. The van der Waals surface area contributed by atoms with Crippen LogP contribution in [-0.2, 0) is 20.2 Å². The SMILES string of the molecule is COC(=O)NC(C(=O)N1[C@@H]2CC[C@@H](C2)[C@H]1c1nc2ccc(-c3ccc4c(c3)C(F)(F)c3cc(-c5cnc([C@@H]6CC7(CC7)CN6C(=O)C(NC(=O)O)C(C)C)[nH]5)ccc3-4)cc2[nH]1)C(C)C. The third kappa shape index (κ3) is 6.87. The van der Waals surface area contributed by atoms with Crippen LogP contribution in [-0.4, -0.2) is 90.6 Å². The number of alkyl halides is 2. The number of piperidine rings is 1. The Bertz CT molecular complexity index is 2720. The number of ether oxygens (including phenoxy) is 1. The van der Waals surface area contributed by atoms with Gasteiger partial charge in [0.15, 0.2) is 0 Å². The van der Waals surface area contributed by atoms with Crippen molar-refractivity contribution in [3.8, 4) is 33.5 Å². The van der Waals surface area contributed by atoms with Crippen LogP contribution >= 0.6 is 0 Å². The number of aromatic amines is 2. The number of hydrogen-bond acceptors (Lipinski definition) is 7. The van der Waals surface area contributed by atoms with Crippen molar-refractivity contribution in [2.75, 3.05) is 13.7 Å². The molecule has 2 aliphatic heterocycles. The molecule has 2 unspecified atom stereocenters. The molecule has 0 radical (unpaired) electrons. The lowest BCUT2D eigenvalue weighted by Crippen LogP contribution is -2.54. The van der Waals surface area contributed by atoms with Crippen molar-refractivity contribution in [3.05, 3.63) is 83.6 Å². The van der Waals surface area contributed by atoms with E-state index in [1.807, 2.05) is 43.0 Å². The topological polar surface area (TPSA) is 186 Å². The molecule has 2 saturated carbocycles. The van der Waals surface area contributed by atoms with Gasteiger partial charge in [0.25, 0.3) is 5.92 Å². The van der Waals surface area contributed by atoms with Crippen LogP contribution < -0.4 is 10.6 Å². The Morgan fingerprint density at radius 1 is 0.844 bits per heavy atom. The number of carboxylic acid groups (broad SMARTS) is 1. The van der Waals surface area contributed by atoms with Crippen molar-refractivity contribution in [3.63, 3.8) is 0 Å². The Hall–Kier alpha value is -6.32. The molecule has 1 spiro atoms. The summed E-state index contributed by atoms with van der Waals surface area (Å²) >= 11 is 0. The summed E-state index contributed by atoms with van der Waals surface area (Å²) in [6.45, 7) is 7.90. The summed E-state index contributed by atoms with van der Waals surface area (Å²) in [4.78, 5) is 71.7. The molecule has 64 heavy (non-hydrogen) atoms. The molecule has 2 saturated heterocycles. The maximum atomic E-state index is 16.6. The Balaban J connectivity index is 0.900. The average Bonchev–Trinajstić information content (AvgIpc) is 3.93. The van der Waals surface area contributed by atoms with Crippen molar-refractivity contribution >= 4 is 35.0 Å². The zero-order valence-electron chi connectivity index (χ0n) is 36.4. The van der Waals surface area contributed by atoms with Gasteiger partial charge in [0.05, 0.1) is 42.1 Å². The quantitative estimate of drug-likeness (QED) is 0.0924. The van der Waals surface area contributed by atoms with E-state index in [2.05, 4.69) is 25.6 Å². The Labute approximate surface area is 368 Å². The number of imidazole rings is 2. The Kier molecular flexibility index (Phi) is 9.87. The summed E-state index contributed by atoms with van der Waals surface area (Å²) in [7, 11) is 1.28. The molecule has 2 bridgehead atoms. The summed E-state index contributed by atoms with van der Waals surface area (Å²) in [5.41, 5.74) is 4.54. The fourth-order valence-corrected chi connectivity index (χ4v) is 11.0. The highest BCUT2D eigenvalue weighted by Gasteiger charge is 2.56. The van der Waals surface area contributed by atoms with E-state index in [4.69, 9.17) is 9.72 Å². The molecule has 10 rings (SSSR count). The lowest BCUT2D eigenvalue weighted by molar-refractivity contribution is -0.139. The zero-order chi connectivity index (χ0) is 45.0. The summed E-state index contributed by atoms with van der Waals surface area (Å²) in [5.74, 6) is -2.76. The highest BCUT2D eigenvalue weighted by Crippen LogP contribution is 2.59. The van der Waals surface area contributed by atoms with Crippen molar-refractivity contribution in [1.29, 1.82) is 0 Å². The van der Waals surface area contributed by atoms with E-state index in [-0.39, 0.29) is 58.2 Å². The standard InChI is InChI=1S/C48H52F2N8O6/c1-23(2)38(55-45(61)62)43(59)57-22-47(14-15-47)20-37(57)41-51-21-36(54-41)27-8-12-31-30-11-7-25(17-32(30)48(49,50)33(31)18-27)26-9-13-34-35(19-26)53-42(52-34)40-28-6-10-29(16-28)58(40)44(60)39(24(3)4)56-46(63)64-5/h7-9,11-13,17-19,21,23-24,28-29,37-40,55H,6,10,14-16,20,22H2,1-5H3,(H,51,54)(H,52,53)(H,56,63)(H,61,62)/t28-,29+,37-,38?,39?,40-/m0/s1. The van der Waals surface area contributed by atoms with E-state index in [0.717, 1.165) is 43.2 Å². The van der Waals surface area contributed by atoms with Gasteiger partial charge >= 0.3 is 12.2 Å². The number of carbonyl (C=O) groups is 4. The number of carbonyl (C=O) groups excluding carboxylic acids is 3. The number of amides is 4. The van der Waals surface area contributed by atoms with E-state index in [1.54, 1.807) is 49.2 Å². The highest BCUT2D eigenvalue weighted by atomic mass is 19.3. The molecule has 4 fully saturated rings. The molecule has 334 valence electrons. The van der Waals surface area contributed by atoms with Gasteiger partial charge < -0.3 is 40.2 Å². The van der Waals surface area contributed by atoms with Crippen molar-refractivity contribution < 1.29 is 37.8 Å². The average molecular weight is 875 g/mol. The van der Waals surface area contributed by atoms with E-state index >= 15 is 8.78 Å². The van der Waals surface area contributed by atoms with Gasteiger partial charge in [-0.05, 0) is 108 Å². The predicted octanol–water partition coefficient (Wildman–Crippen LogP) is 8.52. The van der Waals surface area contributed by atoms with Gasteiger partial charge in [-0.1, -0.05) is 58.0 Å². The molecule has 3 aromatic carbocycles. The maximum absolute atomic E-state index is 16.6. The number of nitrogens with one attached hydrogen (secondary N) is 4. The number of aromatic nitrogens is 4. The first-order valence-corrected chi connectivity index (χ1v) is 22.2. The second-order valence-electron chi connectivity index (χ2n) is 19.3. The summed E-state index contributed by atoms with van der Waals surface area (Å²) in [6.07, 6.45) is 5.04. The number of likely N-dealkylation sites (tertiary alicyclic amines) is 2. The van der Waals surface area contributed by atoms with Crippen molar-refractivity contribution in [2.45, 2.75) is 102 Å². The fraction of sp³-hybridized carbons (Fsp3) is 0.458. The largest absolute Gasteiger partial charge is 0.465 e. The second kappa shape index (κ2) is 15.2. The van der Waals surface area contributed by atoms with Crippen LogP contribution in [0.2, 0.25) is 0 Å². The molecule has 5 N–H and O–H groups in total. The first-order valence-electron chi connectivity index (χ1n) is 22.2. The number of nitrogens with zero attached hydrogens (tertiary/aromatic N) is 4. The molecular formula is C48H52F2N8O6. The van der Waals surface area contributed by atoms with Crippen LogP contribution in [0.25, 0.3) is 44.5 Å². The Morgan fingerprint density at radius 2 is 1.50 bits per heavy atom. The molecule has 2 aromatic heterocycles. The van der Waals surface area contributed by atoms with E-state index < -0.39 is 36.2 Å². The molecule has 16 heteroatoms. The van der Waals surface area contributed by atoms with Gasteiger partial charge in [-0.3, -0.25) is 9.59 Å². The molecule has 6 atom stereocenters. The molecular weight excluding hydrogens is 823 g/mol. The third-order valence-corrected chi connectivity index (χ3v) is 14.5. The minimum absolute atomic E-state index is 0.0196. The number of methoxy groups -OCH3 is 1. The molecule has 5 aliphatic rings. The number of alkyl carbamates (subject to hydrolysis) is 1. The van der Waals surface area contributed by atoms with Crippen LogP contribution in [0.4, 0.5) is 18.4 Å². The minimum atomic E-state index is -3.30. The number of H-pyrrole nitrogens is 2. The normalized spacial score (nSPS) is 23.1. The van der Waals surface area contributed by atoms with Gasteiger partial charge in [-0.25, -0.2) is 19.6 Å². The van der Waals surface area contributed by atoms with Crippen molar-refractivity contribution in [2.24, 2.45) is 23.2 Å². The van der Waals surface area contributed by atoms with E-state index in [0.29, 0.717) is 58.1 Å². The monoisotopic (exact) mass is 874 g/mol. The Morgan fingerprint density at radius 3 is 2.17 bits per heavy atom. The van der Waals surface area contributed by atoms with Crippen molar-refractivity contribution in [1.82, 2.24) is 40.4 Å². The van der Waals surface area contributed by atoms with Crippen LogP contribution in [0.5, 0.6) is 0 Å². The molecule has 4 amide bonds. The number of halogens is 2. The van der Waals surface area contributed by atoms with Gasteiger partial charge in [-0.2, -0.15) is 8.78 Å². The summed E-state index contributed by atoms with van der Waals surface area (Å²) in [5, 5.41) is 14.6. The number of rotatable bonds is 10. The van der Waals surface area contributed by atoms with E-state index in [1.165, 1.54) is 13.2 Å². The number of fused-ring (bicyclic) bond motifs is 6. The van der Waals surface area contributed by atoms with Crippen LogP contribution in [0.3, 0.4) is 0 Å². The number of benzene rings is 3. The first-order chi connectivity index (χ1) is 30.6. The maximum Gasteiger partial charge on any atom is 0.407 e. The third-order valence-electron chi connectivity index (χ3n) is 14.5. The lowest BCUT2D eigenvalue weighted by Gasteiger charge is -2.37. The summed E-state index contributed by atoms with van der Waals surface area (Å²) < 4.78 is 38.1. The van der Waals surface area contributed by atoms with Gasteiger partial charge in [-0.15, -0.1) is 0 Å². The van der Waals surface area contributed by atoms with Crippen LogP contribution in [0.15, 0.2) is 60.8 Å². The van der Waals surface area contributed by atoms with Crippen LogP contribution in [0.1, 0.15) is 101 Å². The highest BCUT2D eigenvalue weighted by molar-refractivity contribution is 5.89. The van der Waals surface area contributed by atoms with Gasteiger partial charge in [0, 0.05) is 29.3 Å². The lowest BCUT2D eigenvalue weighted by atomic mass is 9.95. The minimum Gasteiger partial charge on any atom is -0.465 e. The molecule has 5 aromatic rings. The predicted molar refractivity (Wildman–Crippen MR) is 233 cm³/mol. The van der Waals surface area contributed by atoms with Crippen LogP contribution in [0, 0.1) is 23.2 Å². The first kappa shape index (κ1) is 41.7. The molecule has 14 nitrogen and oxygen atoms in total. The van der Waals surface area contributed by atoms with Gasteiger partial charge in [0.2, 0.25) is 11.8 Å². The summed E-state index contributed by atoms with van der Waals surface area (Å²) in [6, 6.07) is 13.5.